The highest BCUT2D eigenvalue weighted by Gasteiger charge is 2.17. The van der Waals surface area contributed by atoms with Crippen molar-refractivity contribution in [3.63, 3.8) is 0 Å². The zero-order valence-electron chi connectivity index (χ0n) is 13.7. The minimum Gasteiger partial charge on any atom is -0.465 e. The van der Waals surface area contributed by atoms with Gasteiger partial charge >= 0.3 is 5.97 Å². The number of carbonyl (C=O) groups excluding carboxylic acids is 2. The highest BCUT2D eigenvalue weighted by atomic mass is 32.1. The summed E-state index contributed by atoms with van der Waals surface area (Å²) in [5.74, 6) is -0.696. The summed E-state index contributed by atoms with van der Waals surface area (Å²) in [6.07, 6.45) is 0.665. The van der Waals surface area contributed by atoms with E-state index >= 15 is 0 Å². The van der Waals surface area contributed by atoms with Crippen LogP contribution in [-0.4, -0.2) is 19.0 Å². The summed E-state index contributed by atoms with van der Waals surface area (Å²) in [7, 11) is 1.32. The molecule has 0 atom stereocenters. The molecule has 0 bridgehead atoms. The molecule has 5 heteroatoms. The molecule has 0 aliphatic carbocycles. The Morgan fingerprint density at radius 3 is 2.48 bits per heavy atom. The van der Waals surface area contributed by atoms with Gasteiger partial charge in [-0.3, -0.25) is 4.79 Å². The first-order chi connectivity index (χ1) is 12.2. The van der Waals surface area contributed by atoms with Crippen LogP contribution in [0.5, 0.6) is 0 Å². The molecule has 2 aromatic carbocycles. The van der Waals surface area contributed by atoms with E-state index in [0.29, 0.717) is 22.5 Å². The van der Waals surface area contributed by atoms with Crippen LogP contribution in [-0.2, 0) is 11.2 Å². The molecule has 0 aliphatic rings. The van der Waals surface area contributed by atoms with E-state index in [0.717, 1.165) is 11.1 Å². The quantitative estimate of drug-likeness (QED) is 0.694. The number of methoxy groups -OCH3 is 1. The van der Waals surface area contributed by atoms with Crippen molar-refractivity contribution in [1.29, 1.82) is 0 Å². The van der Waals surface area contributed by atoms with Gasteiger partial charge in [0, 0.05) is 5.56 Å². The number of benzene rings is 2. The molecule has 0 spiro atoms. The van der Waals surface area contributed by atoms with E-state index < -0.39 is 5.97 Å². The van der Waals surface area contributed by atoms with E-state index in [4.69, 9.17) is 4.74 Å². The van der Waals surface area contributed by atoms with Gasteiger partial charge < -0.3 is 10.1 Å². The number of ether oxygens (including phenoxy) is 1. The zero-order valence-corrected chi connectivity index (χ0v) is 14.5. The predicted octanol–water partition coefficient (Wildman–Crippen LogP) is 4.38. The fraction of sp³-hybridized carbons (Fsp3) is 0.100. The predicted molar refractivity (Wildman–Crippen MR) is 99.3 cm³/mol. The average Bonchev–Trinajstić information content (AvgIpc) is 3.10. The zero-order chi connectivity index (χ0) is 17.6. The highest BCUT2D eigenvalue weighted by molar-refractivity contribution is 7.12. The van der Waals surface area contributed by atoms with Crippen molar-refractivity contribution in [1.82, 2.24) is 0 Å². The Morgan fingerprint density at radius 1 is 1.00 bits per heavy atom. The van der Waals surface area contributed by atoms with Crippen LogP contribution in [0, 0.1) is 0 Å². The van der Waals surface area contributed by atoms with Crippen LogP contribution >= 0.6 is 11.3 Å². The summed E-state index contributed by atoms with van der Waals surface area (Å²) in [6, 6.07) is 19.2. The molecule has 0 saturated heterocycles. The SMILES string of the molecule is COC(=O)c1sccc1NC(=O)c1ccccc1Cc1ccccc1. The maximum absolute atomic E-state index is 12.7. The smallest absolute Gasteiger partial charge is 0.350 e. The summed E-state index contributed by atoms with van der Waals surface area (Å²) in [5.41, 5.74) is 3.12. The lowest BCUT2D eigenvalue weighted by atomic mass is 9.99. The number of thiophene rings is 1. The molecule has 1 N–H and O–H groups in total. The molecule has 1 heterocycles. The normalized spacial score (nSPS) is 10.3. The standard InChI is InChI=1S/C20H17NO3S/c1-24-20(23)18-17(11-12-25-18)21-19(22)16-10-6-5-9-15(16)13-14-7-3-2-4-8-14/h2-12H,13H2,1H3,(H,21,22). The Hall–Kier alpha value is -2.92. The third-order valence-electron chi connectivity index (χ3n) is 3.78. The van der Waals surface area contributed by atoms with Crippen LogP contribution in [0.25, 0.3) is 0 Å². The van der Waals surface area contributed by atoms with Gasteiger partial charge in [0.15, 0.2) is 0 Å². The maximum atomic E-state index is 12.7. The number of hydrogen-bond acceptors (Lipinski definition) is 4. The number of amides is 1. The van der Waals surface area contributed by atoms with E-state index in [2.05, 4.69) is 5.32 Å². The largest absolute Gasteiger partial charge is 0.465 e. The molecule has 3 aromatic rings. The minimum atomic E-state index is -0.456. The lowest BCUT2D eigenvalue weighted by molar-refractivity contribution is 0.0607. The van der Waals surface area contributed by atoms with E-state index in [1.165, 1.54) is 18.4 Å². The van der Waals surface area contributed by atoms with Crippen LogP contribution in [0.2, 0.25) is 0 Å². The average molecular weight is 351 g/mol. The summed E-state index contributed by atoms with van der Waals surface area (Å²) in [5, 5.41) is 4.57. The first-order valence-corrected chi connectivity index (χ1v) is 8.66. The first-order valence-electron chi connectivity index (χ1n) is 7.78. The Bertz CT molecular complexity index is 887. The van der Waals surface area contributed by atoms with Crippen LogP contribution < -0.4 is 5.32 Å². The fourth-order valence-electron chi connectivity index (χ4n) is 2.56. The molecule has 0 saturated carbocycles. The van der Waals surface area contributed by atoms with Gasteiger partial charge in [0.2, 0.25) is 0 Å². The minimum absolute atomic E-state index is 0.241. The molecule has 1 aromatic heterocycles. The number of rotatable bonds is 5. The second-order valence-electron chi connectivity index (χ2n) is 5.43. The van der Waals surface area contributed by atoms with Gasteiger partial charge in [-0.05, 0) is 35.1 Å². The summed E-state index contributed by atoms with van der Waals surface area (Å²) < 4.78 is 4.75. The van der Waals surface area contributed by atoms with Crippen LogP contribution in [0.3, 0.4) is 0 Å². The van der Waals surface area contributed by atoms with E-state index in [-0.39, 0.29) is 5.91 Å². The van der Waals surface area contributed by atoms with Crippen molar-refractivity contribution in [3.05, 3.63) is 87.6 Å². The molecule has 4 nitrogen and oxygen atoms in total. The van der Waals surface area contributed by atoms with Gasteiger partial charge in [-0.1, -0.05) is 48.5 Å². The lowest BCUT2D eigenvalue weighted by Crippen LogP contribution is -2.16. The monoisotopic (exact) mass is 351 g/mol. The first kappa shape index (κ1) is 16.9. The van der Waals surface area contributed by atoms with Crippen molar-refractivity contribution < 1.29 is 14.3 Å². The summed E-state index contributed by atoms with van der Waals surface area (Å²) in [4.78, 5) is 24.9. The van der Waals surface area contributed by atoms with Crippen molar-refractivity contribution in [2.75, 3.05) is 12.4 Å². The lowest BCUT2D eigenvalue weighted by Gasteiger charge is -2.10. The molecule has 1 amide bonds. The van der Waals surface area contributed by atoms with Gasteiger partial charge in [-0.2, -0.15) is 0 Å². The Labute approximate surface area is 150 Å². The molecule has 0 unspecified atom stereocenters. The molecular formula is C20H17NO3S. The van der Waals surface area contributed by atoms with E-state index in [1.54, 1.807) is 17.5 Å². The van der Waals surface area contributed by atoms with E-state index in [1.807, 2.05) is 48.5 Å². The maximum Gasteiger partial charge on any atom is 0.350 e. The molecule has 0 fully saturated rings. The number of esters is 1. The van der Waals surface area contributed by atoms with Gasteiger partial charge in [0.1, 0.15) is 4.88 Å². The van der Waals surface area contributed by atoms with Crippen molar-refractivity contribution in [2.45, 2.75) is 6.42 Å². The number of anilines is 1. The molecule has 25 heavy (non-hydrogen) atoms. The van der Waals surface area contributed by atoms with Gasteiger partial charge in [-0.25, -0.2) is 4.79 Å². The van der Waals surface area contributed by atoms with Gasteiger partial charge in [0.25, 0.3) is 5.91 Å². The number of carbonyl (C=O) groups is 2. The second kappa shape index (κ2) is 7.77. The van der Waals surface area contributed by atoms with Gasteiger partial charge in [-0.15, -0.1) is 11.3 Å². The van der Waals surface area contributed by atoms with Gasteiger partial charge in [0.05, 0.1) is 12.8 Å². The topological polar surface area (TPSA) is 55.4 Å². The second-order valence-corrected chi connectivity index (χ2v) is 6.34. The third-order valence-corrected chi connectivity index (χ3v) is 4.68. The summed E-state index contributed by atoms with van der Waals surface area (Å²) in [6.45, 7) is 0. The third kappa shape index (κ3) is 3.95. The molecule has 126 valence electrons. The van der Waals surface area contributed by atoms with Crippen molar-refractivity contribution >= 4 is 28.9 Å². The highest BCUT2D eigenvalue weighted by Crippen LogP contribution is 2.24. The number of nitrogens with one attached hydrogen (secondary N) is 1. The Morgan fingerprint density at radius 2 is 1.72 bits per heavy atom. The number of hydrogen-bond donors (Lipinski definition) is 1. The van der Waals surface area contributed by atoms with Crippen LogP contribution in [0.1, 0.15) is 31.2 Å². The van der Waals surface area contributed by atoms with Crippen molar-refractivity contribution in [3.8, 4) is 0 Å². The molecule has 0 radical (unpaired) electrons. The van der Waals surface area contributed by atoms with Crippen molar-refractivity contribution in [2.24, 2.45) is 0 Å². The molecule has 3 rings (SSSR count). The summed E-state index contributed by atoms with van der Waals surface area (Å²) >= 11 is 1.24. The Balaban J connectivity index is 1.84. The van der Waals surface area contributed by atoms with E-state index in [9.17, 15) is 9.59 Å². The Kier molecular flexibility index (Phi) is 5.26. The fourth-order valence-corrected chi connectivity index (χ4v) is 3.33. The molecular weight excluding hydrogens is 334 g/mol. The molecule has 0 aliphatic heterocycles. The van der Waals surface area contributed by atoms with Crippen LogP contribution in [0.15, 0.2) is 66.0 Å². The van der Waals surface area contributed by atoms with Crippen LogP contribution in [0.4, 0.5) is 5.69 Å².